The van der Waals surface area contributed by atoms with E-state index in [4.69, 9.17) is 5.73 Å². The highest BCUT2D eigenvalue weighted by Crippen LogP contribution is 2.35. The number of hydrogen-bond acceptors (Lipinski definition) is 5. The van der Waals surface area contributed by atoms with Crippen molar-refractivity contribution < 1.29 is 18.0 Å². The number of nitrogens with one attached hydrogen (secondary N) is 1. The van der Waals surface area contributed by atoms with Gasteiger partial charge in [0.15, 0.2) is 0 Å². The Morgan fingerprint density at radius 1 is 1.00 bits per heavy atom. The number of carbonyl (C=O) groups is 1. The molecular formula is C20H13F3N4OS. The molecule has 0 bridgehead atoms. The number of carbonyl (C=O) groups excluding carboxylic acids is 1. The molecule has 5 nitrogen and oxygen atoms in total. The monoisotopic (exact) mass is 414 g/mol. The molecule has 0 saturated carbocycles. The summed E-state index contributed by atoms with van der Waals surface area (Å²) >= 11 is 1.11. The van der Waals surface area contributed by atoms with Crippen LogP contribution in [0.5, 0.6) is 0 Å². The molecule has 29 heavy (non-hydrogen) atoms. The van der Waals surface area contributed by atoms with E-state index in [0.717, 1.165) is 23.5 Å². The summed E-state index contributed by atoms with van der Waals surface area (Å²) in [7, 11) is 0. The van der Waals surface area contributed by atoms with Crippen LogP contribution in [0.4, 0.5) is 24.5 Å². The quantitative estimate of drug-likeness (QED) is 0.482. The van der Waals surface area contributed by atoms with Crippen LogP contribution < -0.4 is 11.1 Å². The maximum absolute atomic E-state index is 12.7. The van der Waals surface area contributed by atoms with E-state index in [1.165, 1.54) is 12.1 Å². The van der Waals surface area contributed by atoms with Gasteiger partial charge < -0.3 is 11.1 Å². The fourth-order valence-electron chi connectivity index (χ4n) is 2.75. The maximum atomic E-state index is 12.7. The molecule has 0 aliphatic rings. The Morgan fingerprint density at radius 2 is 1.76 bits per heavy atom. The largest absolute Gasteiger partial charge is 0.416 e. The topological polar surface area (TPSA) is 80.9 Å². The average Bonchev–Trinajstić information content (AvgIpc) is 3.04. The lowest BCUT2D eigenvalue weighted by molar-refractivity contribution is -0.137. The third-order valence-corrected chi connectivity index (χ3v) is 5.31. The molecule has 0 aliphatic carbocycles. The summed E-state index contributed by atoms with van der Waals surface area (Å²) in [5, 5.41) is 3.20. The van der Waals surface area contributed by atoms with Crippen LogP contribution in [-0.4, -0.2) is 15.9 Å². The van der Waals surface area contributed by atoms with E-state index < -0.39 is 17.6 Å². The SMILES string of the molecule is Nc1c(C(=O)Nc2ccc(C(F)(F)F)cc2)sc2nc(-c3ccccn3)ccc12. The van der Waals surface area contributed by atoms with Crippen LogP contribution in [0, 0.1) is 0 Å². The number of fused-ring (bicyclic) bond motifs is 1. The molecule has 0 radical (unpaired) electrons. The lowest BCUT2D eigenvalue weighted by atomic mass is 10.2. The summed E-state index contributed by atoms with van der Waals surface area (Å²) in [5.74, 6) is -0.510. The molecule has 0 atom stereocenters. The van der Waals surface area contributed by atoms with Crippen molar-refractivity contribution >= 4 is 38.8 Å². The summed E-state index contributed by atoms with van der Waals surface area (Å²) in [6, 6.07) is 13.2. The number of anilines is 2. The maximum Gasteiger partial charge on any atom is 0.416 e. The van der Waals surface area contributed by atoms with Crippen LogP contribution in [0.3, 0.4) is 0 Å². The van der Waals surface area contributed by atoms with Gasteiger partial charge in [0.25, 0.3) is 5.91 Å². The highest BCUT2D eigenvalue weighted by molar-refractivity contribution is 7.21. The molecule has 1 aromatic carbocycles. The lowest BCUT2D eigenvalue weighted by Gasteiger charge is -2.08. The van der Waals surface area contributed by atoms with Crippen LogP contribution in [-0.2, 0) is 6.18 Å². The number of nitrogens with two attached hydrogens (primary N) is 1. The van der Waals surface area contributed by atoms with Gasteiger partial charge in [-0.2, -0.15) is 13.2 Å². The molecule has 4 rings (SSSR count). The smallest absolute Gasteiger partial charge is 0.397 e. The van der Waals surface area contributed by atoms with Gasteiger partial charge in [-0.25, -0.2) is 4.98 Å². The van der Waals surface area contributed by atoms with Gasteiger partial charge in [-0.05, 0) is 48.5 Å². The number of alkyl halides is 3. The Labute approximate surface area is 167 Å². The molecule has 146 valence electrons. The molecule has 0 fully saturated rings. The molecule has 1 amide bonds. The molecule has 0 unspecified atom stereocenters. The molecule has 3 heterocycles. The molecule has 0 aliphatic heterocycles. The molecule has 4 aromatic rings. The van der Waals surface area contributed by atoms with E-state index in [1.54, 1.807) is 24.4 Å². The lowest BCUT2D eigenvalue weighted by Crippen LogP contribution is -2.12. The van der Waals surface area contributed by atoms with Gasteiger partial charge in [-0.15, -0.1) is 11.3 Å². The van der Waals surface area contributed by atoms with Crippen molar-refractivity contribution in [2.75, 3.05) is 11.1 Å². The minimum atomic E-state index is -4.44. The van der Waals surface area contributed by atoms with Gasteiger partial charge in [0, 0.05) is 17.3 Å². The highest BCUT2D eigenvalue weighted by Gasteiger charge is 2.30. The van der Waals surface area contributed by atoms with E-state index >= 15 is 0 Å². The van der Waals surface area contributed by atoms with E-state index in [0.29, 0.717) is 21.6 Å². The molecule has 3 N–H and O–H groups in total. The predicted molar refractivity (Wildman–Crippen MR) is 107 cm³/mol. The van der Waals surface area contributed by atoms with Gasteiger partial charge in [-0.3, -0.25) is 9.78 Å². The van der Waals surface area contributed by atoms with Crippen molar-refractivity contribution in [3.8, 4) is 11.4 Å². The Kier molecular flexibility index (Phi) is 4.67. The van der Waals surface area contributed by atoms with Gasteiger partial charge in [0.1, 0.15) is 9.71 Å². The zero-order chi connectivity index (χ0) is 20.6. The van der Waals surface area contributed by atoms with Gasteiger partial charge in [0.05, 0.1) is 22.6 Å². The Morgan fingerprint density at radius 3 is 2.41 bits per heavy atom. The average molecular weight is 414 g/mol. The molecule has 0 spiro atoms. The van der Waals surface area contributed by atoms with Crippen LogP contribution in [0.2, 0.25) is 0 Å². The number of aromatic nitrogens is 2. The number of halogens is 3. The second-order valence-electron chi connectivity index (χ2n) is 6.14. The minimum Gasteiger partial charge on any atom is -0.397 e. The van der Waals surface area contributed by atoms with Crippen LogP contribution in [0.1, 0.15) is 15.2 Å². The van der Waals surface area contributed by atoms with Crippen molar-refractivity contribution in [2.24, 2.45) is 0 Å². The summed E-state index contributed by atoms with van der Waals surface area (Å²) in [4.78, 5) is 22.2. The fraction of sp³-hybridized carbons (Fsp3) is 0.0500. The first kappa shape index (κ1) is 18.9. The van der Waals surface area contributed by atoms with Crippen molar-refractivity contribution in [1.29, 1.82) is 0 Å². The first-order chi connectivity index (χ1) is 13.8. The molecule has 0 saturated heterocycles. The van der Waals surface area contributed by atoms with E-state index in [9.17, 15) is 18.0 Å². The van der Waals surface area contributed by atoms with Gasteiger partial charge >= 0.3 is 6.18 Å². The standard InChI is InChI=1S/C20H13F3N4OS/c21-20(22,23)11-4-6-12(7-5-11)26-18(28)17-16(24)13-8-9-15(27-19(13)29-17)14-3-1-2-10-25-14/h1-10H,24H2,(H,26,28). The van der Waals surface area contributed by atoms with Crippen LogP contribution in [0.15, 0.2) is 60.8 Å². The van der Waals surface area contributed by atoms with E-state index in [1.807, 2.05) is 12.1 Å². The van der Waals surface area contributed by atoms with E-state index in [-0.39, 0.29) is 16.3 Å². The first-order valence-electron chi connectivity index (χ1n) is 8.42. The van der Waals surface area contributed by atoms with E-state index in [2.05, 4.69) is 15.3 Å². The third-order valence-electron chi connectivity index (χ3n) is 4.20. The van der Waals surface area contributed by atoms with Crippen LogP contribution >= 0.6 is 11.3 Å². The number of amides is 1. The summed E-state index contributed by atoms with van der Waals surface area (Å²) in [5.41, 5.74) is 7.17. The molecule has 9 heteroatoms. The van der Waals surface area contributed by atoms with Gasteiger partial charge in [-0.1, -0.05) is 6.07 Å². The summed E-state index contributed by atoms with van der Waals surface area (Å²) < 4.78 is 38.0. The number of rotatable bonds is 3. The zero-order valence-electron chi connectivity index (χ0n) is 14.7. The van der Waals surface area contributed by atoms with Crippen molar-refractivity contribution in [1.82, 2.24) is 9.97 Å². The van der Waals surface area contributed by atoms with Crippen molar-refractivity contribution in [3.63, 3.8) is 0 Å². The molecular weight excluding hydrogens is 401 g/mol. The zero-order valence-corrected chi connectivity index (χ0v) is 15.5. The number of nitrogen functional groups attached to an aromatic ring is 1. The van der Waals surface area contributed by atoms with Crippen molar-refractivity contribution in [3.05, 3.63) is 71.2 Å². The summed E-state index contributed by atoms with van der Waals surface area (Å²) in [6.07, 6.45) is -2.78. The summed E-state index contributed by atoms with van der Waals surface area (Å²) in [6.45, 7) is 0. The second kappa shape index (κ2) is 7.17. The Balaban J connectivity index is 1.61. The third kappa shape index (κ3) is 3.77. The normalized spacial score (nSPS) is 11.6. The Hall–Kier alpha value is -3.46. The van der Waals surface area contributed by atoms with Gasteiger partial charge in [0.2, 0.25) is 0 Å². The second-order valence-corrected chi connectivity index (χ2v) is 7.14. The number of hydrogen-bond donors (Lipinski definition) is 2. The highest BCUT2D eigenvalue weighted by atomic mass is 32.1. The predicted octanol–water partition coefficient (Wildman–Crippen LogP) is 5.21. The van der Waals surface area contributed by atoms with Crippen LogP contribution in [0.25, 0.3) is 21.6 Å². The number of benzene rings is 1. The Bertz CT molecular complexity index is 1190. The first-order valence-corrected chi connectivity index (χ1v) is 9.23. The number of nitrogens with zero attached hydrogens (tertiary/aromatic N) is 2. The number of pyridine rings is 2. The fourth-order valence-corrected chi connectivity index (χ4v) is 3.74. The minimum absolute atomic E-state index is 0.238. The van der Waals surface area contributed by atoms with Crippen molar-refractivity contribution in [2.45, 2.75) is 6.18 Å². The molecule has 3 aromatic heterocycles. The number of thiophene rings is 1.